The van der Waals surface area contributed by atoms with E-state index in [9.17, 15) is 0 Å². The highest BCUT2D eigenvalue weighted by Crippen LogP contribution is 2.23. The minimum absolute atomic E-state index is 0.892. The van der Waals surface area contributed by atoms with Crippen LogP contribution in [0.3, 0.4) is 0 Å². The molecule has 2 rings (SSSR count). The summed E-state index contributed by atoms with van der Waals surface area (Å²) >= 11 is 5.37. The molecule has 19 heavy (non-hydrogen) atoms. The molecule has 0 unspecified atom stereocenters. The molecule has 0 amide bonds. The van der Waals surface area contributed by atoms with Crippen molar-refractivity contribution in [1.82, 2.24) is 10.2 Å². The minimum Gasteiger partial charge on any atom is -0.368 e. The van der Waals surface area contributed by atoms with Crippen LogP contribution in [-0.2, 0) is 0 Å². The number of hydrogen-bond donors (Lipinski definition) is 1. The van der Waals surface area contributed by atoms with Gasteiger partial charge in [0.1, 0.15) is 0 Å². The van der Waals surface area contributed by atoms with E-state index in [4.69, 9.17) is 12.2 Å². The Balaban J connectivity index is 2.00. The van der Waals surface area contributed by atoms with E-state index >= 15 is 0 Å². The first-order valence-corrected chi connectivity index (χ1v) is 7.38. The third-order valence-electron chi connectivity index (χ3n) is 3.81. The van der Waals surface area contributed by atoms with E-state index in [0.717, 1.165) is 37.8 Å². The lowest BCUT2D eigenvalue weighted by Gasteiger charge is -2.38. The Morgan fingerprint density at radius 2 is 1.89 bits per heavy atom. The van der Waals surface area contributed by atoms with Gasteiger partial charge in [-0.1, -0.05) is 12.1 Å². The van der Waals surface area contributed by atoms with Gasteiger partial charge in [-0.2, -0.15) is 0 Å². The van der Waals surface area contributed by atoms with Crippen LogP contribution in [0.1, 0.15) is 18.1 Å². The van der Waals surface area contributed by atoms with Crippen molar-refractivity contribution in [3.63, 3.8) is 0 Å². The molecule has 1 aliphatic rings. The largest absolute Gasteiger partial charge is 0.368 e. The van der Waals surface area contributed by atoms with Gasteiger partial charge in [0.25, 0.3) is 0 Å². The van der Waals surface area contributed by atoms with E-state index in [0.29, 0.717) is 0 Å². The standard InChI is InChI=1S/C15H23N3S/c1-4-16-15(19)18-10-8-17(9-11-18)14-7-5-6-12(2)13(14)3/h5-7H,4,8-11H2,1-3H3,(H,16,19). The fourth-order valence-corrected chi connectivity index (χ4v) is 2.82. The normalized spacial score (nSPS) is 15.5. The number of rotatable bonds is 2. The zero-order valence-electron chi connectivity index (χ0n) is 12.1. The Labute approximate surface area is 121 Å². The van der Waals surface area contributed by atoms with Crippen LogP contribution in [0.25, 0.3) is 0 Å². The molecular weight excluding hydrogens is 254 g/mol. The van der Waals surface area contributed by atoms with Crippen molar-refractivity contribution in [2.24, 2.45) is 0 Å². The molecule has 0 aliphatic carbocycles. The average molecular weight is 277 g/mol. The maximum Gasteiger partial charge on any atom is 0.169 e. The second kappa shape index (κ2) is 6.24. The van der Waals surface area contributed by atoms with Gasteiger partial charge < -0.3 is 15.1 Å². The lowest BCUT2D eigenvalue weighted by atomic mass is 10.1. The molecule has 1 aromatic carbocycles. The van der Waals surface area contributed by atoms with Gasteiger partial charge in [0.05, 0.1) is 0 Å². The van der Waals surface area contributed by atoms with Gasteiger partial charge in [0.2, 0.25) is 0 Å². The first-order valence-electron chi connectivity index (χ1n) is 6.97. The molecule has 1 aromatic rings. The summed E-state index contributed by atoms with van der Waals surface area (Å²) in [5, 5.41) is 4.12. The van der Waals surface area contributed by atoms with Crippen molar-refractivity contribution < 1.29 is 0 Å². The van der Waals surface area contributed by atoms with Crippen LogP contribution in [0.4, 0.5) is 5.69 Å². The predicted molar refractivity (Wildman–Crippen MR) is 86.0 cm³/mol. The Morgan fingerprint density at radius 3 is 2.53 bits per heavy atom. The first kappa shape index (κ1) is 14.1. The third-order valence-corrected chi connectivity index (χ3v) is 4.21. The number of nitrogens with zero attached hydrogens (tertiary/aromatic N) is 2. The SMILES string of the molecule is CCNC(=S)N1CCN(c2cccc(C)c2C)CC1. The van der Waals surface area contributed by atoms with Crippen molar-refractivity contribution >= 4 is 23.0 Å². The van der Waals surface area contributed by atoms with Crippen LogP contribution in [0.2, 0.25) is 0 Å². The Kier molecular flexibility index (Phi) is 4.64. The number of hydrogen-bond acceptors (Lipinski definition) is 2. The smallest absolute Gasteiger partial charge is 0.169 e. The molecule has 0 spiro atoms. The molecule has 0 saturated carbocycles. The summed E-state index contributed by atoms with van der Waals surface area (Å²) in [7, 11) is 0. The van der Waals surface area contributed by atoms with Crippen molar-refractivity contribution in [3.8, 4) is 0 Å². The van der Waals surface area contributed by atoms with E-state index in [2.05, 4.69) is 54.1 Å². The van der Waals surface area contributed by atoms with Crippen LogP contribution in [-0.4, -0.2) is 42.7 Å². The van der Waals surface area contributed by atoms with E-state index < -0.39 is 0 Å². The highest BCUT2D eigenvalue weighted by atomic mass is 32.1. The Hall–Kier alpha value is -1.29. The Morgan fingerprint density at radius 1 is 1.21 bits per heavy atom. The molecule has 4 heteroatoms. The fourth-order valence-electron chi connectivity index (χ4n) is 2.49. The number of anilines is 1. The maximum absolute atomic E-state index is 5.37. The molecule has 1 heterocycles. The molecule has 0 bridgehead atoms. The molecule has 1 N–H and O–H groups in total. The quantitative estimate of drug-likeness (QED) is 0.836. The number of aryl methyl sites for hydroxylation is 1. The summed E-state index contributed by atoms with van der Waals surface area (Å²) in [6.45, 7) is 11.4. The molecular formula is C15H23N3S. The van der Waals surface area contributed by atoms with E-state index in [1.807, 2.05) is 0 Å². The molecule has 1 saturated heterocycles. The lowest BCUT2D eigenvalue weighted by Crippen LogP contribution is -2.51. The molecule has 104 valence electrons. The molecule has 0 aromatic heterocycles. The third kappa shape index (κ3) is 3.18. The zero-order chi connectivity index (χ0) is 13.8. The van der Waals surface area contributed by atoms with Crippen molar-refractivity contribution in [2.45, 2.75) is 20.8 Å². The molecule has 0 atom stereocenters. The number of piperazine rings is 1. The van der Waals surface area contributed by atoms with Gasteiger partial charge in [-0.25, -0.2) is 0 Å². The van der Waals surface area contributed by atoms with Gasteiger partial charge in [-0.15, -0.1) is 0 Å². The first-order chi connectivity index (χ1) is 9.13. The molecule has 0 radical (unpaired) electrons. The van der Waals surface area contributed by atoms with Gasteiger partial charge >= 0.3 is 0 Å². The van der Waals surface area contributed by atoms with Crippen LogP contribution in [0.15, 0.2) is 18.2 Å². The van der Waals surface area contributed by atoms with Crippen LogP contribution in [0, 0.1) is 13.8 Å². The summed E-state index contributed by atoms with van der Waals surface area (Å²) < 4.78 is 0. The molecule has 1 fully saturated rings. The van der Waals surface area contributed by atoms with Gasteiger partial charge in [0, 0.05) is 38.4 Å². The van der Waals surface area contributed by atoms with Gasteiger partial charge in [-0.05, 0) is 50.2 Å². The molecule has 3 nitrogen and oxygen atoms in total. The van der Waals surface area contributed by atoms with Crippen molar-refractivity contribution in [2.75, 3.05) is 37.6 Å². The average Bonchev–Trinajstić information content (AvgIpc) is 2.42. The van der Waals surface area contributed by atoms with Crippen molar-refractivity contribution in [1.29, 1.82) is 0 Å². The fraction of sp³-hybridized carbons (Fsp3) is 0.533. The highest BCUT2D eigenvalue weighted by molar-refractivity contribution is 7.80. The molecule has 1 aliphatic heterocycles. The summed E-state index contributed by atoms with van der Waals surface area (Å²) in [6, 6.07) is 6.54. The lowest BCUT2D eigenvalue weighted by molar-refractivity contribution is 0.381. The number of nitrogens with one attached hydrogen (secondary N) is 1. The van der Waals surface area contributed by atoms with Gasteiger partial charge in [-0.3, -0.25) is 0 Å². The van der Waals surface area contributed by atoms with E-state index in [1.165, 1.54) is 16.8 Å². The second-order valence-electron chi connectivity index (χ2n) is 5.03. The number of benzene rings is 1. The van der Waals surface area contributed by atoms with E-state index in [1.54, 1.807) is 0 Å². The highest BCUT2D eigenvalue weighted by Gasteiger charge is 2.19. The van der Waals surface area contributed by atoms with Crippen molar-refractivity contribution in [3.05, 3.63) is 29.3 Å². The summed E-state index contributed by atoms with van der Waals surface area (Å²) in [5.74, 6) is 0. The summed E-state index contributed by atoms with van der Waals surface area (Å²) in [6.07, 6.45) is 0. The maximum atomic E-state index is 5.37. The second-order valence-corrected chi connectivity index (χ2v) is 5.42. The summed E-state index contributed by atoms with van der Waals surface area (Å²) in [4.78, 5) is 4.73. The monoisotopic (exact) mass is 277 g/mol. The van der Waals surface area contributed by atoms with Gasteiger partial charge in [0.15, 0.2) is 5.11 Å². The van der Waals surface area contributed by atoms with Crippen LogP contribution < -0.4 is 10.2 Å². The van der Waals surface area contributed by atoms with E-state index in [-0.39, 0.29) is 0 Å². The number of thiocarbonyl (C=S) groups is 1. The predicted octanol–water partition coefficient (Wildman–Crippen LogP) is 2.32. The van der Waals surface area contributed by atoms with Crippen LogP contribution in [0.5, 0.6) is 0 Å². The zero-order valence-corrected chi connectivity index (χ0v) is 12.9. The summed E-state index contributed by atoms with van der Waals surface area (Å²) in [5.41, 5.74) is 4.13. The Bertz CT molecular complexity index is 451. The topological polar surface area (TPSA) is 18.5 Å². The minimum atomic E-state index is 0.892. The van der Waals surface area contributed by atoms with Crippen LogP contribution >= 0.6 is 12.2 Å².